The maximum absolute atomic E-state index is 13.7. The van der Waals surface area contributed by atoms with Gasteiger partial charge >= 0.3 is 182 Å². The molecule has 0 bridgehead atoms. The predicted octanol–water partition coefficient (Wildman–Crippen LogP) is 8.34. The summed E-state index contributed by atoms with van der Waals surface area (Å²) in [6.07, 6.45) is 7.05. The molecule has 1 aromatic heterocycles. The van der Waals surface area contributed by atoms with Crippen molar-refractivity contribution in [1.82, 2.24) is 4.98 Å². The van der Waals surface area contributed by atoms with Crippen LogP contribution >= 0.6 is 20.8 Å². The Kier molecular flexibility index (Phi) is 5.59. The summed E-state index contributed by atoms with van der Waals surface area (Å²) < 4.78 is 13.7. The zero-order chi connectivity index (χ0) is 20.7. The fourth-order valence-electron chi connectivity index (χ4n) is 4.47. The predicted molar refractivity (Wildman–Crippen MR) is 130 cm³/mol. The van der Waals surface area contributed by atoms with Gasteiger partial charge in [-0.3, -0.25) is 0 Å². The van der Waals surface area contributed by atoms with Crippen molar-refractivity contribution in [2.45, 2.75) is 45.7 Å². The Morgan fingerprint density at radius 3 is 2.17 bits per heavy atom. The molecule has 0 N–H and O–H groups in total. The molecule has 0 spiro atoms. The molecule has 29 heavy (non-hydrogen) atoms. The molecule has 0 aliphatic heterocycles. The number of halogens is 2. The van der Waals surface area contributed by atoms with E-state index in [1.165, 1.54) is 53.5 Å². The molecule has 0 saturated heterocycles. The SMILES string of the molecule is CCP(Br)(CC)(CC)Cc1c(C2CC2)nc2ccccc2c1-c1ccc(F)cc1. The molecule has 0 unspecified atom stereocenters. The molecule has 0 amide bonds. The first kappa shape index (κ1) is 20.9. The number of rotatable bonds is 7. The van der Waals surface area contributed by atoms with Crippen LogP contribution in [0.15, 0.2) is 48.5 Å². The Bertz CT molecular complexity index is 1030. The van der Waals surface area contributed by atoms with Crippen LogP contribution in [0.25, 0.3) is 22.0 Å². The van der Waals surface area contributed by atoms with Crippen LogP contribution in [0.4, 0.5) is 4.39 Å². The second kappa shape index (κ2) is 7.75. The summed E-state index contributed by atoms with van der Waals surface area (Å²) in [5.41, 5.74) is 6.10. The number of hydrogen-bond acceptors (Lipinski definition) is 1. The monoisotopic (exact) mass is 473 g/mol. The maximum atomic E-state index is 13.7. The summed E-state index contributed by atoms with van der Waals surface area (Å²) in [5, 5.41) is -0.882. The molecule has 4 rings (SSSR count). The van der Waals surface area contributed by atoms with Crippen LogP contribution in [0.2, 0.25) is 0 Å². The summed E-state index contributed by atoms with van der Waals surface area (Å²) >= 11 is 4.36. The number of fused-ring (bicyclic) bond motifs is 1. The Morgan fingerprint density at radius 1 is 0.966 bits per heavy atom. The summed E-state index contributed by atoms with van der Waals surface area (Å²) in [7, 11) is 0. The van der Waals surface area contributed by atoms with Crippen molar-refractivity contribution in [1.29, 1.82) is 0 Å². The number of para-hydroxylation sites is 1. The molecule has 2 aromatic carbocycles. The summed E-state index contributed by atoms with van der Waals surface area (Å²) in [6.45, 7) is 7.01. The van der Waals surface area contributed by atoms with Gasteiger partial charge in [-0.1, -0.05) is 0 Å². The van der Waals surface area contributed by atoms with Gasteiger partial charge in [-0.15, -0.1) is 0 Å². The van der Waals surface area contributed by atoms with E-state index in [-0.39, 0.29) is 5.82 Å². The van der Waals surface area contributed by atoms with E-state index in [2.05, 4.69) is 60.5 Å². The van der Waals surface area contributed by atoms with E-state index in [1.54, 1.807) is 12.1 Å². The van der Waals surface area contributed by atoms with Gasteiger partial charge in [-0.25, -0.2) is 0 Å². The molecule has 0 atom stereocenters. The molecule has 1 aliphatic carbocycles. The minimum absolute atomic E-state index is 0.188. The third-order valence-corrected chi connectivity index (χ3v) is 18.2. The van der Waals surface area contributed by atoms with E-state index >= 15 is 0 Å². The number of aromatic nitrogens is 1. The third kappa shape index (κ3) is 3.89. The molecular weight excluding hydrogens is 444 g/mol. The van der Waals surface area contributed by atoms with Crippen LogP contribution in [0.1, 0.15) is 50.8 Å². The molecule has 1 nitrogen and oxygen atoms in total. The first-order chi connectivity index (χ1) is 13.9. The van der Waals surface area contributed by atoms with Crippen molar-refractivity contribution >= 4 is 31.7 Å². The fourth-order valence-corrected chi connectivity index (χ4v) is 8.35. The molecule has 4 heteroatoms. The van der Waals surface area contributed by atoms with Gasteiger partial charge in [0.1, 0.15) is 0 Å². The molecule has 154 valence electrons. The Morgan fingerprint density at radius 2 is 1.59 bits per heavy atom. The van der Waals surface area contributed by atoms with E-state index in [0.717, 1.165) is 17.2 Å². The van der Waals surface area contributed by atoms with Gasteiger partial charge in [0.05, 0.1) is 0 Å². The molecule has 1 aliphatic rings. The van der Waals surface area contributed by atoms with Crippen molar-refractivity contribution in [2.75, 3.05) is 18.5 Å². The zero-order valence-electron chi connectivity index (χ0n) is 17.6. The van der Waals surface area contributed by atoms with Crippen molar-refractivity contribution in [2.24, 2.45) is 0 Å². The van der Waals surface area contributed by atoms with Gasteiger partial charge in [0.2, 0.25) is 0 Å². The number of pyridine rings is 1. The van der Waals surface area contributed by atoms with Crippen LogP contribution in [-0.4, -0.2) is 23.5 Å². The Hall–Kier alpha value is -1.31. The van der Waals surface area contributed by atoms with Crippen molar-refractivity contribution in [3.8, 4) is 11.1 Å². The zero-order valence-corrected chi connectivity index (χ0v) is 20.1. The quantitative estimate of drug-likeness (QED) is 0.314. The van der Waals surface area contributed by atoms with E-state index in [0.29, 0.717) is 5.92 Å². The molecule has 1 fully saturated rings. The molecule has 3 aromatic rings. The Balaban J connectivity index is 2.04. The van der Waals surface area contributed by atoms with Crippen LogP contribution in [-0.2, 0) is 6.16 Å². The van der Waals surface area contributed by atoms with Crippen molar-refractivity contribution in [3.05, 3.63) is 65.6 Å². The standard InChI is InChI=1S/C25H30BrFNP/c1-4-29(26,5-2,6-3)17-22-24(18-13-15-20(27)16-14-18)21-9-7-8-10-23(21)28-25(22)19-11-12-19/h7-10,13-16,19H,4-6,11-12,17H2,1-3H3. The summed E-state index contributed by atoms with van der Waals surface area (Å²) in [6, 6.07) is 15.5. The van der Waals surface area contributed by atoms with E-state index in [4.69, 9.17) is 4.98 Å². The van der Waals surface area contributed by atoms with Gasteiger partial charge in [-0.05, 0) is 0 Å². The van der Waals surface area contributed by atoms with E-state index in [1.807, 2.05) is 12.1 Å². The average molecular weight is 474 g/mol. The van der Waals surface area contributed by atoms with Gasteiger partial charge in [0.25, 0.3) is 0 Å². The molecule has 1 heterocycles. The summed E-state index contributed by atoms with van der Waals surface area (Å²) in [5.74, 6) is 0.382. The number of nitrogens with zero attached hydrogens (tertiary/aromatic N) is 1. The van der Waals surface area contributed by atoms with Crippen LogP contribution in [0.5, 0.6) is 0 Å². The van der Waals surface area contributed by atoms with Gasteiger partial charge in [0, 0.05) is 0 Å². The van der Waals surface area contributed by atoms with Gasteiger partial charge in [0.15, 0.2) is 0 Å². The minimum atomic E-state index is -2.06. The Labute approximate surface area is 181 Å². The van der Waals surface area contributed by atoms with Crippen molar-refractivity contribution < 1.29 is 4.39 Å². The normalized spacial score (nSPS) is 16.0. The van der Waals surface area contributed by atoms with Crippen LogP contribution in [0.3, 0.4) is 0 Å². The first-order valence-corrected chi connectivity index (χ1v) is 15.8. The molecule has 0 radical (unpaired) electrons. The second-order valence-corrected chi connectivity index (χ2v) is 20.4. The third-order valence-electron chi connectivity index (χ3n) is 7.05. The molecule has 1 saturated carbocycles. The topological polar surface area (TPSA) is 12.9 Å². The first-order valence-electron chi connectivity index (χ1n) is 10.8. The van der Waals surface area contributed by atoms with Gasteiger partial charge in [-0.2, -0.15) is 0 Å². The van der Waals surface area contributed by atoms with E-state index < -0.39 is 5.31 Å². The van der Waals surface area contributed by atoms with Crippen molar-refractivity contribution in [3.63, 3.8) is 0 Å². The molecular formula is C25H30BrFNP. The number of benzene rings is 2. The van der Waals surface area contributed by atoms with Gasteiger partial charge < -0.3 is 0 Å². The van der Waals surface area contributed by atoms with Crippen LogP contribution in [0, 0.1) is 5.82 Å². The average Bonchev–Trinajstić information content (AvgIpc) is 3.59. The van der Waals surface area contributed by atoms with Crippen LogP contribution < -0.4 is 0 Å². The second-order valence-electron chi connectivity index (χ2n) is 8.58. The number of hydrogen-bond donors (Lipinski definition) is 0. The summed E-state index contributed by atoms with van der Waals surface area (Å²) in [4.78, 5) is 5.19. The van der Waals surface area contributed by atoms with E-state index in [9.17, 15) is 4.39 Å². The fraction of sp³-hybridized carbons (Fsp3) is 0.400.